The number of β-amino-alcohol motifs (C(OH)–C–C–N with tert-alkyl or cyclic N) is 1. The molecule has 1 saturated heterocycles. The van der Waals surface area contributed by atoms with Crippen molar-refractivity contribution in [2.45, 2.75) is 23.8 Å². The van der Waals surface area contributed by atoms with Gasteiger partial charge in [-0.15, -0.1) is 0 Å². The summed E-state index contributed by atoms with van der Waals surface area (Å²) < 4.78 is 58.8. The molecule has 0 bridgehead atoms. The maximum absolute atomic E-state index is 13.0. The number of halogens is 4. The van der Waals surface area contributed by atoms with Gasteiger partial charge in [0.25, 0.3) is 12.0 Å². The first-order chi connectivity index (χ1) is 16.9. The summed E-state index contributed by atoms with van der Waals surface area (Å²) in [6, 6.07) is 3.08. The lowest BCUT2D eigenvalue weighted by atomic mass is 10.3. The molecule has 0 aliphatic carbocycles. The number of sulfonamides is 1. The highest BCUT2D eigenvalue weighted by molar-refractivity contribution is 7.89. The molecule has 0 amide bonds. The number of alkyl halides is 2. The van der Waals surface area contributed by atoms with Gasteiger partial charge in [-0.1, -0.05) is 23.2 Å². The van der Waals surface area contributed by atoms with Crippen LogP contribution in [0.2, 0.25) is 10.0 Å². The SMILES string of the molecule is O=c1[nH]c(=O)n(-c2cc(Cl)c(Oc3cc(S(=O)(=O)N4CC[C@H](O)C4)c(O)cn3)c(Cl)c2)nc1C(F)F.S. The van der Waals surface area contributed by atoms with Crippen LogP contribution in [0.15, 0.2) is 38.9 Å². The van der Waals surface area contributed by atoms with Gasteiger partial charge in [-0.3, -0.25) is 9.78 Å². The van der Waals surface area contributed by atoms with Crippen molar-refractivity contribution in [1.82, 2.24) is 24.1 Å². The molecule has 1 atom stereocenters. The van der Waals surface area contributed by atoms with Crippen LogP contribution in [0.3, 0.4) is 0 Å². The molecule has 4 rings (SSSR count). The molecule has 37 heavy (non-hydrogen) atoms. The average molecular weight is 600 g/mol. The molecule has 1 aromatic carbocycles. The molecule has 1 aliphatic rings. The van der Waals surface area contributed by atoms with Gasteiger partial charge in [0.2, 0.25) is 15.9 Å². The van der Waals surface area contributed by atoms with Crippen LogP contribution < -0.4 is 16.0 Å². The number of rotatable bonds is 6. The van der Waals surface area contributed by atoms with E-state index in [1.807, 2.05) is 0 Å². The van der Waals surface area contributed by atoms with E-state index in [4.69, 9.17) is 27.9 Å². The zero-order valence-electron chi connectivity index (χ0n) is 18.2. The number of aromatic amines is 1. The molecule has 3 N–H and O–H groups in total. The molecular formula is C19H17Cl2F2N5O7S2. The van der Waals surface area contributed by atoms with Gasteiger partial charge in [0.15, 0.2) is 17.2 Å². The number of nitrogens with zero attached hydrogens (tertiary/aromatic N) is 4. The van der Waals surface area contributed by atoms with Crippen LogP contribution in [-0.2, 0) is 10.0 Å². The third-order valence-corrected chi connectivity index (χ3v) is 7.51. The minimum Gasteiger partial charge on any atom is -0.505 e. The minimum atomic E-state index is -4.20. The van der Waals surface area contributed by atoms with E-state index in [1.165, 1.54) is 0 Å². The van der Waals surface area contributed by atoms with Crippen molar-refractivity contribution in [1.29, 1.82) is 0 Å². The zero-order valence-corrected chi connectivity index (χ0v) is 21.6. The van der Waals surface area contributed by atoms with Crippen LogP contribution in [0.1, 0.15) is 18.5 Å². The van der Waals surface area contributed by atoms with Gasteiger partial charge < -0.3 is 14.9 Å². The molecule has 12 nitrogen and oxygen atoms in total. The molecule has 0 radical (unpaired) electrons. The van der Waals surface area contributed by atoms with E-state index in [1.54, 1.807) is 4.98 Å². The van der Waals surface area contributed by atoms with Crippen LogP contribution in [0.5, 0.6) is 17.4 Å². The summed E-state index contributed by atoms with van der Waals surface area (Å²) in [4.78, 5) is 28.6. The number of aromatic hydroxyl groups is 1. The van der Waals surface area contributed by atoms with E-state index >= 15 is 0 Å². The smallest absolute Gasteiger partial charge is 0.349 e. The molecular weight excluding hydrogens is 583 g/mol. The Morgan fingerprint density at radius 2 is 1.84 bits per heavy atom. The molecule has 0 unspecified atom stereocenters. The van der Waals surface area contributed by atoms with E-state index in [0.717, 1.165) is 28.7 Å². The lowest BCUT2D eigenvalue weighted by molar-refractivity contribution is 0.141. The maximum Gasteiger partial charge on any atom is 0.349 e. The Labute approximate surface area is 223 Å². The summed E-state index contributed by atoms with van der Waals surface area (Å²) in [5.74, 6) is -1.23. The van der Waals surface area contributed by atoms with Gasteiger partial charge in [0.1, 0.15) is 4.90 Å². The zero-order chi connectivity index (χ0) is 26.4. The number of aliphatic hydroxyl groups is 1. The van der Waals surface area contributed by atoms with E-state index in [2.05, 4.69) is 10.1 Å². The molecule has 200 valence electrons. The van der Waals surface area contributed by atoms with Gasteiger partial charge in [-0.2, -0.15) is 27.6 Å². The number of pyridine rings is 1. The number of hydrogen-bond acceptors (Lipinski definition) is 9. The Morgan fingerprint density at radius 1 is 1.19 bits per heavy atom. The second kappa shape index (κ2) is 10.9. The number of benzene rings is 1. The first-order valence-electron chi connectivity index (χ1n) is 9.94. The summed E-state index contributed by atoms with van der Waals surface area (Å²) in [5.41, 5.74) is -3.87. The van der Waals surface area contributed by atoms with Gasteiger partial charge >= 0.3 is 5.69 Å². The molecule has 1 fully saturated rings. The van der Waals surface area contributed by atoms with Crippen molar-refractivity contribution in [3.63, 3.8) is 0 Å². The third-order valence-electron chi connectivity index (χ3n) is 5.06. The Morgan fingerprint density at radius 3 is 2.41 bits per heavy atom. The highest BCUT2D eigenvalue weighted by Gasteiger charge is 2.34. The maximum atomic E-state index is 13.0. The lowest BCUT2D eigenvalue weighted by Crippen LogP contribution is -2.34. The molecule has 1 aliphatic heterocycles. The topological polar surface area (TPSA) is 168 Å². The lowest BCUT2D eigenvalue weighted by Gasteiger charge is -2.17. The van der Waals surface area contributed by atoms with E-state index in [9.17, 15) is 37.0 Å². The summed E-state index contributed by atoms with van der Waals surface area (Å²) in [6.45, 7) is -0.100. The van der Waals surface area contributed by atoms with Gasteiger partial charge in [-0.25, -0.2) is 27.0 Å². The number of H-pyrrole nitrogens is 1. The van der Waals surface area contributed by atoms with Crippen LogP contribution in [0.4, 0.5) is 8.78 Å². The van der Waals surface area contributed by atoms with Crippen molar-refractivity contribution in [3.05, 3.63) is 61.0 Å². The van der Waals surface area contributed by atoms with Crippen molar-refractivity contribution < 1.29 is 32.1 Å². The third kappa shape index (κ3) is 5.73. The second-order valence-corrected chi connectivity index (χ2v) is 10.2. The monoisotopic (exact) mass is 599 g/mol. The molecule has 18 heteroatoms. The van der Waals surface area contributed by atoms with Crippen molar-refractivity contribution >= 4 is 46.7 Å². The first kappa shape index (κ1) is 28.8. The van der Waals surface area contributed by atoms with Gasteiger partial charge in [0.05, 0.1) is 28.0 Å². The van der Waals surface area contributed by atoms with Crippen LogP contribution >= 0.6 is 36.7 Å². The van der Waals surface area contributed by atoms with Crippen LogP contribution in [0, 0.1) is 0 Å². The Balaban J connectivity index is 0.00000380. The fourth-order valence-electron chi connectivity index (χ4n) is 3.34. The van der Waals surface area contributed by atoms with Crippen LogP contribution in [0.25, 0.3) is 5.69 Å². The molecule has 3 heterocycles. The largest absolute Gasteiger partial charge is 0.505 e. The van der Waals surface area contributed by atoms with Crippen molar-refractivity contribution in [3.8, 4) is 23.1 Å². The fourth-order valence-corrected chi connectivity index (χ4v) is 5.46. The molecule has 3 aromatic rings. The molecule has 0 spiro atoms. The second-order valence-electron chi connectivity index (χ2n) is 7.49. The van der Waals surface area contributed by atoms with E-state index < -0.39 is 50.1 Å². The quantitative estimate of drug-likeness (QED) is 0.383. The van der Waals surface area contributed by atoms with Gasteiger partial charge in [-0.05, 0) is 18.6 Å². The molecule has 2 aromatic heterocycles. The highest BCUT2D eigenvalue weighted by Crippen LogP contribution is 2.39. The minimum absolute atomic E-state index is 0. The Hall–Kier alpha value is -2.76. The average Bonchev–Trinajstić information content (AvgIpc) is 3.24. The van der Waals surface area contributed by atoms with Gasteiger partial charge in [0, 0.05) is 19.2 Å². The number of hydrogen-bond donors (Lipinski definition) is 3. The Bertz CT molecular complexity index is 1550. The highest BCUT2D eigenvalue weighted by atomic mass is 35.5. The van der Waals surface area contributed by atoms with Crippen molar-refractivity contribution in [2.75, 3.05) is 13.1 Å². The number of aliphatic hydroxyl groups excluding tert-OH is 1. The summed E-state index contributed by atoms with van der Waals surface area (Å²) in [7, 11) is -4.20. The van der Waals surface area contributed by atoms with E-state index in [-0.39, 0.29) is 60.4 Å². The fraction of sp³-hybridized carbons (Fsp3) is 0.263. The normalized spacial score (nSPS) is 16.1. The van der Waals surface area contributed by atoms with Crippen molar-refractivity contribution in [2.24, 2.45) is 0 Å². The number of aromatic nitrogens is 4. The van der Waals surface area contributed by atoms with Crippen LogP contribution in [-0.4, -0.2) is 61.9 Å². The molecule has 0 saturated carbocycles. The standard InChI is InChI=1S/C19H15Cl2F2N5O7S.H2S/c20-10-3-8(28-19(32)25-18(31)15(26-28)17(22)23)4-11(21)16(10)35-14-5-13(12(30)6-24-14)36(33,34)27-2-1-9(29)7-27;/h3-6,9,17,29-30H,1-2,7H2,(H,25,31,32);1H2/t9-;/m0./s1. The number of nitrogens with one attached hydrogen (secondary N) is 1. The van der Waals surface area contributed by atoms with E-state index in [0.29, 0.717) is 4.68 Å². The predicted octanol–water partition coefficient (Wildman–Crippen LogP) is 1.93. The number of ether oxygens (including phenoxy) is 1. The Kier molecular flexibility index (Phi) is 8.50. The summed E-state index contributed by atoms with van der Waals surface area (Å²) in [6.07, 6.45) is -3.03. The predicted molar refractivity (Wildman–Crippen MR) is 131 cm³/mol. The first-order valence-corrected chi connectivity index (χ1v) is 12.1. The summed E-state index contributed by atoms with van der Waals surface area (Å²) >= 11 is 12.4. The summed E-state index contributed by atoms with van der Waals surface area (Å²) in [5, 5.41) is 22.6.